The number of nitro groups is 1. The minimum atomic E-state index is -0.755. The van der Waals surface area contributed by atoms with Crippen LogP contribution in [0.15, 0.2) is 12.1 Å². The number of ether oxygens (including phenoxy) is 1. The quantitative estimate of drug-likeness (QED) is 0.251. The molecule has 21 heavy (non-hydrogen) atoms. The molecule has 116 valence electrons. The molecular formula is C13H18FN3O4. The van der Waals surface area contributed by atoms with Crippen LogP contribution in [0, 0.1) is 22.9 Å². The molecule has 0 fully saturated rings. The van der Waals surface area contributed by atoms with E-state index < -0.39 is 10.7 Å². The fraction of sp³-hybridized carbons (Fsp3) is 0.462. The van der Waals surface area contributed by atoms with Crippen LogP contribution in [-0.4, -0.2) is 17.4 Å². The van der Waals surface area contributed by atoms with Crippen molar-refractivity contribution in [2.24, 2.45) is 5.84 Å². The second kappa shape index (κ2) is 8.15. The number of unbranched alkanes of at least 4 members (excludes halogenated alkanes) is 2. The molecule has 0 radical (unpaired) electrons. The average molecular weight is 299 g/mol. The number of halogens is 1. The summed E-state index contributed by atoms with van der Waals surface area (Å²) in [5.74, 6) is 3.95. The lowest BCUT2D eigenvalue weighted by Gasteiger charge is -2.08. The van der Waals surface area contributed by atoms with E-state index in [2.05, 4.69) is 0 Å². The zero-order valence-corrected chi connectivity index (χ0v) is 11.7. The summed E-state index contributed by atoms with van der Waals surface area (Å²) in [6.07, 6.45) is 2.38. The lowest BCUT2D eigenvalue weighted by Crippen LogP contribution is -2.29. The van der Waals surface area contributed by atoms with E-state index in [9.17, 15) is 19.3 Å². The summed E-state index contributed by atoms with van der Waals surface area (Å²) in [6, 6.07) is 2.17. The first kappa shape index (κ1) is 16.8. The molecule has 7 nitrogen and oxygen atoms in total. The Kier molecular flexibility index (Phi) is 6.54. The number of nitro benzene ring substituents is 1. The average Bonchev–Trinajstić information content (AvgIpc) is 2.44. The largest absolute Gasteiger partial charge is 0.491 e. The zero-order chi connectivity index (χ0) is 15.8. The molecule has 0 unspecified atom stereocenters. The van der Waals surface area contributed by atoms with Crippen LogP contribution in [0.25, 0.3) is 0 Å². The molecule has 0 aliphatic carbocycles. The number of carbonyl (C=O) groups excluding carboxylic acids is 1. The Labute approximate surface area is 121 Å². The predicted molar refractivity (Wildman–Crippen MR) is 74.1 cm³/mol. The Hall–Kier alpha value is -2.22. The highest BCUT2D eigenvalue weighted by Gasteiger charge is 2.16. The van der Waals surface area contributed by atoms with Gasteiger partial charge in [0, 0.05) is 12.0 Å². The Morgan fingerprint density at radius 1 is 1.43 bits per heavy atom. The van der Waals surface area contributed by atoms with Gasteiger partial charge in [0.25, 0.3) is 5.69 Å². The number of hydrogen-bond donors (Lipinski definition) is 2. The molecule has 0 saturated carbocycles. The summed E-state index contributed by atoms with van der Waals surface area (Å²) in [7, 11) is 0. The smallest absolute Gasteiger partial charge is 0.275 e. The van der Waals surface area contributed by atoms with Gasteiger partial charge in [0.15, 0.2) is 11.6 Å². The van der Waals surface area contributed by atoms with Gasteiger partial charge >= 0.3 is 0 Å². The van der Waals surface area contributed by atoms with Crippen molar-refractivity contribution in [1.29, 1.82) is 0 Å². The molecule has 0 spiro atoms. The predicted octanol–water partition coefficient (Wildman–Crippen LogP) is 1.97. The first-order valence-electron chi connectivity index (χ1n) is 6.52. The van der Waals surface area contributed by atoms with Gasteiger partial charge in [-0.2, -0.15) is 0 Å². The van der Waals surface area contributed by atoms with Crippen molar-refractivity contribution in [3.8, 4) is 5.75 Å². The van der Waals surface area contributed by atoms with Gasteiger partial charge < -0.3 is 4.74 Å². The van der Waals surface area contributed by atoms with Crippen LogP contribution in [0.1, 0.15) is 31.2 Å². The van der Waals surface area contributed by atoms with Crippen LogP contribution in [0.3, 0.4) is 0 Å². The molecule has 3 N–H and O–H groups in total. The Morgan fingerprint density at radius 2 is 2.14 bits per heavy atom. The van der Waals surface area contributed by atoms with Gasteiger partial charge in [0.05, 0.1) is 17.6 Å². The van der Waals surface area contributed by atoms with Gasteiger partial charge in [0.1, 0.15) is 0 Å². The summed E-state index contributed by atoms with van der Waals surface area (Å²) in [5, 5.41) is 10.7. The number of nitrogens with two attached hydrogens (primary N) is 1. The van der Waals surface area contributed by atoms with Crippen LogP contribution in [0.4, 0.5) is 10.1 Å². The van der Waals surface area contributed by atoms with Gasteiger partial charge in [-0.05, 0) is 32.3 Å². The van der Waals surface area contributed by atoms with Gasteiger partial charge in [-0.25, -0.2) is 10.2 Å². The molecule has 1 aromatic carbocycles. The molecule has 0 aliphatic heterocycles. The van der Waals surface area contributed by atoms with E-state index in [1.54, 1.807) is 0 Å². The third-order valence-corrected chi connectivity index (χ3v) is 2.91. The molecule has 0 saturated heterocycles. The molecular weight excluding hydrogens is 281 g/mol. The van der Waals surface area contributed by atoms with E-state index in [0.717, 1.165) is 12.5 Å². The number of benzene rings is 1. The van der Waals surface area contributed by atoms with E-state index >= 15 is 0 Å². The third-order valence-electron chi connectivity index (χ3n) is 2.91. The lowest BCUT2D eigenvalue weighted by atomic mass is 10.2. The number of carbonyl (C=O) groups is 1. The van der Waals surface area contributed by atoms with Crippen LogP contribution in [0.2, 0.25) is 0 Å². The third kappa shape index (κ3) is 5.35. The molecule has 8 heteroatoms. The van der Waals surface area contributed by atoms with Crippen molar-refractivity contribution < 1.29 is 18.8 Å². The van der Waals surface area contributed by atoms with Gasteiger partial charge in [-0.1, -0.05) is 0 Å². The summed E-state index contributed by atoms with van der Waals surface area (Å²) in [6.45, 7) is 1.80. The van der Waals surface area contributed by atoms with Crippen molar-refractivity contribution in [3.05, 3.63) is 33.6 Å². The van der Waals surface area contributed by atoms with E-state index in [0.29, 0.717) is 24.8 Å². The number of nitrogens with zero attached hydrogens (tertiary/aromatic N) is 1. The number of hydrogen-bond acceptors (Lipinski definition) is 5. The number of hydrazine groups is 1. The zero-order valence-electron chi connectivity index (χ0n) is 11.7. The number of aryl methyl sites for hydroxylation is 1. The maximum atomic E-state index is 13.6. The molecule has 0 aromatic heterocycles. The second-order valence-electron chi connectivity index (χ2n) is 4.55. The van der Waals surface area contributed by atoms with E-state index in [4.69, 9.17) is 10.6 Å². The van der Waals surface area contributed by atoms with Gasteiger partial charge in [0.2, 0.25) is 5.91 Å². The summed E-state index contributed by atoms with van der Waals surface area (Å²) in [4.78, 5) is 20.9. The van der Waals surface area contributed by atoms with Crippen molar-refractivity contribution in [2.45, 2.75) is 32.6 Å². The van der Waals surface area contributed by atoms with Crippen molar-refractivity contribution in [3.63, 3.8) is 0 Å². The molecule has 1 aromatic rings. The van der Waals surface area contributed by atoms with E-state index in [1.165, 1.54) is 13.0 Å². The second-order valence-corrected chi connectivity index (χ2v) is 4.55. The van der Waals surface area contributed by atoms with Gasteiger partial charge in [-0.3, -0.25) is 20.3 Å². The molecule has 1 amide bonds. The highest BCUT2D eigenvalue weighted by atomic mass is 19.1. The standard InChI is InChI=1S/C13H18FN3O4/c1-9-7-12(10(14)8-11(9)17(19)20)21-6-4-2-3-5-13(18)16-15/h7-8H,2-6,15H2,1H3,(H,16,18). The fourth-order valence-corrected chi connectivity index (χ4v) is 1.77. The van der Waals surface area contributed by atoms with Crippen LogP contribution < -0.4 is 16.0 Å². The van der Waals surface area contributed by atoms with Gasteiger partial charge in [-0.15, -0.1) is 0 Å². The first-order chi connectivity index (χ1) is 9.95. The lowest BCUT2D eigenvalue weighted by molar-refractivity contribution is -0.385. The fourth-order valence-electron chi connectivity index (χ4n) is 1.77. The number of amides is 1. The minimum Gasteiger partial charge on any atom is -0.491 e. The number of nitrogens with one attached hydrogen (secondary N) is 1. The van der Waals surface area contributed by atoms with Crippen molar-refractivity contribution in [2.75, 3.05) is 6.61 Å². The van der Waals surface area contributed by atoms with Crippen LogP contribution in [0.5, 0.6) is 5.75 Å². The Balaban J connectivity index is 2.41. The molecule has 0 atom stereocenters. The highest BCUT2D eigenvalue weighted by molar-refractivity contribution is 5.75. The summed E-state index contributed by atoms with van der Waals surface area (Å²) < 4.78 is 18.9. The Morgan fingerprint density at radius 3 is 2.76 bits per heavy atom. The maximum absolute atomic E-state index is 13.6. The van der Waals surface area contributed by atoms with Crippen LogP contribution in [-0.2, 0) is 4.79 Å². The van der Waals surface area contributed by atoms with Crippen LogP contribution >= 0.6 is 0 Å². The normalized spacial score (nSPS) is 10.2. The highest BCUT2D eigenvalue weighted by Crippen LogP contribution is 2.27. The summed E-state index contributed by atoms with van der Waals surface area (Å²) >= 11 is 0. The maximum Gasteiger partial charge on any atom is 0.275 e. The Bertz CT molecular complexity index is 522. The molecule has 0 aliphatic rings. The molecule has 0 heterocycles. The first-order valence-corrected chi connectivity index (χ1v) is 6.52. The summed E-state index contributed by atoms with van der Waals surface area (Å²) in [5.41, 5.74) is 2.11. The topological polar surface area (TPSA) is 107 Å². The van der Waals surface area contributed by atoms with E-state index in [1.807, 2.05) is 5.43 Å². The SMILES string of the molecule is Cc1cc(OCCCCCC(=O)NN)c(F)cc1[N+](=O)[O-]. The van der Waals surface area contributed by atoms with E-state index in [-0.39, 0.29) is 24.0 Å². The molecule has 0 bridgehead atoms. The monoisotopic (exact) mass is 299 g/mol. The minimum absolute atomic E-state index is 0.00204. The molecule has 1 rings (SSSR count). The number of rotatable bonds is 8. The van der Waals surface area contributed by atoms with Crippen molar-refractivity contribution >= 4 is 11.6 Å². The van der Waals surface area contributed by atoms with Crippen molar-refractivity contribution in [1.82, 2.24) is 5.43 Å².